The molecule has 3 aromatic rings. The van der Waals surface area contributed by atoms with E-state index in [4.69, 9.17) is 5.73 Å². The van der Waals surface area contributed by atoms with Gasteiger partial charge >= 0.3 is 0 Å². The molecule has 1 unspecified atom stereocenters. The maximum absolute atomic E-state index is 13.3. The molecule has 4 N–H and O–H groups in total. The molecule has 1 atom stereocenters. The average molecular weight is 396 g/mol. The first-order valence-electron chi connectivity index (χ1n) is 9.66. The Morgan fingerprint density at radius 1 is 1.17 bits per heavy atom. The van der Waals surface area contributed by atoms with E-state index in [2.05, 4.69) is 56.1 Å². The molecule has 1 fully saturated rings. The van der Waals surface area contributed by atoms with Crippen LogP contribution in [0.5, 0.6) is 0 Å². The van der Waals surface area contributed by atoms with Gasteiger partial charge in [-0.05, 0) is 30.5 Å². The van der Waals surface area contributed by atoms with Crippen molar-refractivity contribution < 1.29 is 4.39 Å². The molecule has 0 amide bonds. The number of nitrogens with zero attached hydrogens (tertiary/aromatic N) is 5. The topological polar surface area (TPSA) is 109 Å². The molecule has 29 heavy (non-hydrogen) atoms. The molecule has 0 aliphatic carbocycles. The fourth-order valence-corrected chi connectivity index (χ4v) is 3.49. The van der Waals surface area contributed by atoms with Crippen molar-refractivity contribution in [3.8, 4) is 0 Å². The van der Waals surface area contributed by atoms with Crippen LogP contribution in [-0.4, -0.2) is 31.7 Å². The third-order valence-corrected chi connectivity index (χ3v) is 5.03. The van der Waals surface area contributed by atoms with E-state index >= 15 is 0 Å². The van der Waals surface area contributed by atoms with E-state index in [1.165, 1.54) is 12.1 Å². The van der Waals surface area contributed by atoms with Crippen LogP contribution in [0.4, 0.5) is 28.1 Å². The zero-order valence-corrected chi connectivity index (χ0v) is 16.8. The Morgan fingerprint density at radius 2 is 1.93 bits per heavy atom. The zero-order valence-electron chi connectivity index (χ0n) is 16.8. The van der Waals surface area contributed by atoms with Crippen LogP contribution in [0.25, 0.3) is 0 Å². The molecule has 0 spiro atoms. The Labute approximate surface area is 168 Å². The van der Waals surface area contributed by atoms with Crippen LogP contribution >= 0.6 is 0 Å². The number of nitrogen functional groups attached to an aromatic ring is 1. The Morgan fingerprint density at radius 3 is 2.62 bits per heavy atom. The van der Waals surface area contributed by atoms with Gasteiger partial charge in [-0.25, -0.2) is 4.39 Å². The second-order valence-electron chi connectivity index (χ2n) is 8.26. The molecule has 1 aliphatic rings. The lowest BCUT2D eigenvalue weighted by Gasteiger charge is -2.25. The predicted molar refractivity (Wildman–Crippen MR) is 111 cm³/mol. The summed E-state index contributed by atoms with van der Waals surface area (Å²) in [5, 5.41) is 10.4. The van der Waals surface area contributed by atoms with Crippen LogP contribution in [0.15, 0.2) is 30.3 Å². The van der Waals surface area contributed by atoms with Crippen molar-refractivity contribution in [3.63, 3.8) is 0 Å². The SMILES string of the molecule is CC(C)(C)c1cc(Nc2nc(N)nc(N3CCCC3c3ccc(F)cc3)n2)n[nH]1. The van der Waals surface area contributed by atoms with Gasteiger partial charge in [0.1, 0.15) is 5.82 Å². The number of anilines is 4. The summed E-state index contributed by atoms with van der Waals surface area (Å²) in [4.78, 5) is 15.2. The van der Waals surface area contributed by atoms with Gasteiger partial charge in [-0.15, -0.1) is 0 Å². The first-order valence-corrected chi connectivity index (χ1v) is 9.66. The van der Waals surface area contributed by atoms with Crippen LogP contribution in [0, 0.1) is 5.82 Å². The Hall–Kier alpha value is -3.23. The third kappa shape index (κ3) is 4.13. The predicted octanol–water partition coefficient (Wildman–Crippen LogP) is 3.70. The summed E-state index contributed by atoms with van der Waals surface area (Å²) in [5.74, 6) is 1.34. The maximum Gasteiger partial charge on any atom is 0.235 e. The van der Waals surface area contributed by atoms with Crippen LogP contribution in [0.1, 0.15) is 50.9 Å². The summed E-state index contributed by atoms with van der Waals surface area (Å²) in [6.45, 7) is 7.10. The number of H-pyrrole nitrogens is 1. The molecule has 1 saturated heterocycles. The minimum atomic E-state index is -0.247. The lowest BCUT2D eigenvalue weighted by atomic mass is 9.92. The van der Waals surface area contributed by atoms with Gasteiger partial charge in [0.15, 0.2) is 5.82 Å². The number of rotatable bonds is 4. The van der Waals surface area contributed by atoms with Crippen LogP contribution in [0.2, 0.25) is 0 Å². The van der Waals surface area contributed by atoms with Crippen LogP contribution < -0.4 is 16.0 Å². The Balaban J connectivity index is 1.59. The molecule has 0 bridgehead atoms. The summed E-state index contributed by atoms with van der Waals surface area (Å²) in [6, 6.07) is 8.56. The molecule has 0 saturated carbocycles. The van der Waals surface area contributed by atoms with Gasteiger partial charge in [0, 0.05) is 23.7 Å². The molecule has 3 heterocycles. The second-order valence-corrected chi connectivity index (χ2v) is 8.26. The van der Waals surface area contributed by atoms with E-state index in [1.807, 2.05) is 6.07 Å². The van der Waals surface area contributed by atoms with E-state index in [0.29, 0.717) is 17.7 Å². The average Bonchev–Trinajstić information content (AvgIpc) is 3.31. The number of aromatic nitrogens is 5. The monoisotopic (exact) mass is 396 g/mol. The Bertz CT molecular complexity index is 992. The van der Waals surface area contributed by atoms with Gasteiger partial charge in [0.2, 0.25) is 17.8 Å². The standard InChI is InChI=1S/C20H25FN8/c1-20(2,3)15-11-16(28-27-15)23-18-24-17(22)25-19(26-18)29-10-4-5-14(29)12-6-8-13(21)9-7-12/h6-9,11,14H,4-5,10H2,1-3H3,(H4,22,23,24,25,26,27,28). The second kappa shape index (κ2) is 7.31. The number of halogens is 1. The van der Waals surface area contributed by atoms with Crippen molar-refractivity contribution >= 4 is 23.7 Å². The smallest absolute Gasteiger partial charge is 0.235 e. The number of benzene rings is 1. The summed E-state index contributed by atoms with van der Waals surface area (Å²) in [5.41, 5.74) is 7.93. The quantitative estimate of drug-likeness (QED) is 0.617. The van der Waals surface area contributed by atoms with Gasteiger partial charge in [-0.1, -0.05) is 32.9 Å². The van der Waals surface area contributed by atoms with E-state index in [-0.39, 0.29) is 23.2 Å². The molecule has 1 aliphatic heterocycles. The molecular weight excluding hydrogens is 371 g/mol. The first kappa shape index (κ1) is 19.1. The highest BCUT2D eigenvalue weighted by atomic mass is 19.1. The molecule has 8 nitrogen and oxygen atoms in total. The zero-order chi connectivity index (χ0) is 20.6. The highest BCUT2D eigenvalue weighted by Crippen LogP contribution is 2.35. The maximum atomic E-state index is 13.3. The minimum absolute atomic E-state index is 0.0475. The molecule has 4 rings (SSSR count). The van der Waals surface area contributed by atoms with Gasteiger partial charge in [-0.3, -0.25) is 5.10 Å². The van der Waals surface area contributed by atoms with Crippen molar-refractivity contribution in [2.45, 2.75) is 45.1 Å². The fraction of sp³-hybridized carbons (Fsp3) is 0.400. The fourth-order valence-electron chi connectivity index (χ4n) is 3.49. The number of aromatic amines is 1. The largest absolute Gasteiger partial charge is 0.368 e. The normalized spacial score (nSPS) is 17.0. The summed E-state index contributed by atoms with van der Waals surface area (Å²) < 4.78 is 13.3. The van der Waals surface area contributed by atoms with Crippen molar-refractivity contribution in [1.29, 1.82) is 0 Å². The Kier molecular flexibility index (Phi) is 4.81. The molecule has 9 heteroatoms. The van der Waals surface area contributed by atoms with Gasteiger partial charge in [-0.2, -0.15) is 20.1 Å². The lowest BCUT2D eigenvalue weighted by molar-refractivity contribution is 0.567. The molecule has 152 valence electrons. The summed E-state index contributed by atoms with van der Waals surface area (Å²) >= 11 is 0. The number of hydrogen-bond donors (Lipinski definition) is 3. The van der Waals surface area contributed by atoms with E-state index < -0.39 is 0 Å². The molecular formula is C20H25FN8. The summed E-state index contributed by atoms with van der Waals surface area (Å²) in [7, 11) is 0. The lowest BCUT2D eigenvalue weighted by Crippen LogP contribution is -2.25. The van der Waals surface area contributed by atoms with Crippen molar-refractivity contribution in [2.24, 2.45) is 0 Å². The summed E-state index contributed by atoms with van der Waals surface area (Å²) in [6.07, 6.45) is 1.93. The van der Waals surface area contributed by atoms with Gasteiger partial charge in [0.25, 0.3) is 0 Å². The highest BCUT2D eigenvalue weighted by Gasteiger charge is 2.29. The molecule has 0 radical (unpaired) electrons. The van der Waals surface area contributed by atoms with Crippen molar-refractivity contribution in [3.05, 3.63) is 47.4 Å². The first-order chi connectivity index (χ1) is 13.8. The van der Waals surface area contributed by atoms with Crippen molar-refractivity contribution in [1.82, 2.24) is 25.1 Å². The van der Waals surface area contributed by atoms with Gasteiger partial charge in [0.05, 0.1) is 6.04 Å². The highest BCUT2D eigenvalue weighted by molar-refractivity contribution is 5.53. The van der Waals surface area contributed by atoms with Crippen LogP contribution in [-0.2, 0) is 5.41 Å². The molecule has 1 aromatic carbocycles. The number of nitrogens with two attached hydrogens (primary N) is 1. The van der Waals surface area contributed by atoms with Crippen LogP contribution in [0.3, 0.4) is 0 Å². The number of hydrogen-bond acceptors (Lipinski definition) is 7. The number of nitrogens with one attached hydrogen (secondary N) is 2. The van der Waals surface area contributed by atoms with E-state index in [9.17, 15) is 4.39 Å². The van der Waals surface area contributed by atoms with Crippen molar-refractivity contribution in [2.75, 3.05) is 22.5 Å². The third-order valence-electron chi connectivity index (χ3n) is 5.03. The van der Waals surface area contributed by atoms with E-state index in [1.54, 1.807) is 12.1 Å². The van der Waals surface area contributed by atoms with E-state index in [0.717, 1.165) is 30.6 Å². The molecule has 2 aromatic heterocycles. The minimum Gasteiger partial charge on any atom is -0.368 e. The van der Waals surface area contributed by atoms with Gasteiger partial charge < -0.3 is 16.0 Å².